The molecule has 23 heavy (non-hydrogen) atoms. The maximum absolute atomic E-state index is 11.9. The molecular weight excluding hydrogens is 320 g/mol. The van der Waals surface area contributed by atoms with Gasteiger partial charge in [0.2, 0.25) is 5.91 Å². The molecule has 2 aromatic carbocycles. The first-order valence-corrected chi connectivity index (χ1v) is 7.35. The number of nitro benzene ring substituents is 1. The fourth-order valence-corrected chi connectivity index (χ4v) is 2.04. The summed E-state index contributed by atoms with van der Waals surface area (Å²) >= 11 is 5.92. The highest BCUT2D eigenvalue weighted by Crippen LogP contribution is 2.26. The molecule has 0 unspecified atom stereocenters. The molecule has 0 radical (unpaired) electrons. The average Bonchev–Trinajstić information content (AvgIpc) is 2.54. The van der Waals surface area contributed by atoms with E-state index in [9.17, 15) is 14.9 Å². The molecule has 0 saturated heterocycles. The van der Waals surface area contributed by atoms with E-state index in [1.54, 1.807) is 0 Å². The second kappa shape index (κ2) is 8.14. The zero-order chi connectivity index (χ0) is 16.7. The number of benzene rings is 2. The Kier molecular flexibility index (Phi) is 5.94. The minimum Gasteiger partial charge on any atom is -0.494 e. The molecule has 2 rings (SSSR count). The van der Waals surface area contributed by atoms with E-state index in [1.165, 1.54) is 18.2 Å². The molecular formula is C16H15ClN2O4. The number of para-hydroxylation sites is 1. The lowest BCUT2D eigenvalue weighted by atomic mass is 10.2. The minimum atomic E-state index is -0.542. The number of rotatable bonds is 7. The van der Waals surface area contributed by atoms with Gasteiger partial charge in [0.1, 0.15) is 5.75 Å². The van der Waals surface area contributed by atoms with Crippen molar-refractivity contribution in [1.82, 2.24) is 0 Å². The van der Waals surface area contributed by atoms with E-state index in [4.69, 9.17) is 16.3 Å². The fourth-order valence-electron chi connectivity index (χ4n) is 1.87. The first kappa shape index (κ1) is 16.8. The molecule has 0 fully saturated rings. The van der Waals surface area contributed by atoms with Crippen molar-refractivity contribution in [2.45, 2.75) is 12.8 Å². The van der Waals surface area contributed by atoms with Crippen LogP contribution in [0.2, 0.25) is 5.02 Å². The van der Waals surface area contributed by atoms with Crippen molar-refractivity contribution in [3.63, 3.8) is 0 Å². The van der Waals surface area contributed by atoms with Crippen LogP contribution in [0.25, 0.3) is 0 Å². The maximum Gasteiger partial charge on any atom is 0.271 e. The van der Waals surface area contributed by atoms with Crippen molar-refractivity contribution in [1.29, 1.82) is 0 Å². The van der Waals surface area contributed by atoms with Crippen molar-refractivity contribution in [3.8, 4) is 5.75 Å². The summed E-state index contributed by atoms with van der Waals surface area (Å²) in [5.74, 6) is 0.471. The molecule has 120 valence electrons. The number of amides is 1. The van der Waals surface area contributed by atoms with Crippen LogP contribution >= 0.6 is 11.6 Å². The number of anilines is 1. The van der Waals surface area contributed by atoms with Gasteiger partial charge in [-0.15, -0.1) is 0 Å². The number of hydrogen-bond acceptors (Lipinski definition) is 4. The Hall–Kier alpha value is -2.60. The van der Waals surface area contributed by atoms with E-state index in [2.05, 4.69) is 5.32 Å². The van der Waals surface area contributed by atoms with Gasteiger partial charge in [0.25, 0.3) is 5.69 Å². The third-order valence-electron chi connectivity index (χ3n) is 2.99. The largest absolute Gasteiger partial charge is 0.494 e. The molecule has 7 heteroatoms. The van der Waals surface area contributed by atoms with E-state index in [0.29, 0.717) is 13.0 Å². The molecule has 6 nitrogen and oxygen atoms in total. The van der Waals surface area contributed by atoms with Crippen molar-refractivity contribution in [2.24, 2.45) is 0 Å². The zero-order valence-electron chi connectivity index (χ0n) is 12.2. The Bertz CT molecular complexity index is 692. The fraction of sp³-hybridized carbons (Fsp3) is 0.188. The van der Waals surface area contributed by atoms with Crippen LogP contribution in [0, 0.1) is 10.1 Å². The van der Waals surface area contributed by atoms with Gasteiger partial charge in [0.15, 0.2) is 0 Å². The number of nitrogens with zero attached hydrogens (tertiary/aromatic N) is 1. The highest BCUT2D eigenvalue weighted by molar-refractivity contribution is 6.33. The molecule has 0 aliphatic carbocycles. The number of carbonyl (C=O) groups is 1. The monoisotopic (exact) mass is 334 g/mol. The second-order valence-electron chi connectivity index (χ2n) is 4.73. The summed E-state index contributed by atoms with van der Waals surface area (Å²) < 4.78 is 5.49. The van der Waals surface area contributed by atoms with Crippen LogP contribution in [-0.2, 0) is 4.79 Å². The normalized spacial score (nSPS) is 10.1. The van der Waals surface area contributed by atoms with Crippen LogP contribution in [-0.4, -0.2) is 17.4 Å². The number of nitrogens with one attached hydrogen (secondary N) is 1. The predicted molar refractivity (Wildman–Crippen MR) is 87.9 cm³/mol. The molecule has 0 aromatic heterocycles. The first-order valence-electron chi connectivity index (χ1n) is 6.98. The summed E-state index contributed by atoms with van der Waals surface area (Å²) in [6.07, 6.45) is 0.749. The Morgan fingerprint density at radius 1 is 1.22 bits per heavy atom. The van der Waals surface area contributed by atoms with Gasteiger partial charge in [0.05, 0.1) is 22.2 Å². The lowest BCUT2D eigenvalue weighted by Crippen LogP contribution is -2.13. The molecule has 0 aliphatic heterocycles. The average molecular weight is 335 g/mol. The van der Waals surface area contributed by atoms with Crippen molar-refractivity contribution in [3.05, 3.63) is 63.7 Å². The van der Waals surface area contributed by atoms with E-state index in [1.807, 2.05) is 30.3 Å². The standard InChI is InChI=1S/C16H15ClN2O4/c17-14-9-8-12(19(21)22)11-15(14)18-16(20)7-4-10-23-13-5-2-1-3-6-13/h1-3,5-6,8-9,11H,4,7,10H2,(H,18,20). The summed E-state index contributed by atoms with van der Waals surface area (Å²) in [4.78, 5) is 22.0. The Morgan fingerprint density at radius 3 is 2.65 bits per heavy atom. The number of nitro groups is 1. The smallest absolute Gasteiger partial charge is 0.271 e. The van der Waals surface area contributed by atoms with Gasteiger partial charge < -0.3 is 10.1 Å². The van der Waals surface area contributed by atoms with E-state index in [-0.39, 0.29) is 28.7 Å². The third-order valence-corrected chi connectivity index (χ3v) is 3.32. The highest BCUT2D eigenvalue weighted by atomic mass is 35.5. The molecule has 0 saturated carbocycles. The molecule has 0 bridgehead atoms. The molecule has 0 spiro atoms. The second-order valence-corrected chi connectivity index (χ2v) is 5.14. The van der Waals surface area contributed by atoms with E-state index >= 15 is 0 Å². The molecule has 2 aromatic rings. The lowest BCUT2D eigenvalue weighted by molar-refractivity contribution is -0.384. The zero-order valence-corrected chi connectivity index (χ0v) is 13.0. The SMILES string of the molecule is O=C(CCCOc1ccccc1)Nc1cc([N+](=O)[O-])ccc1Cl. The quantitative estimate of drug-likeness (QED) is 0.470. The molecule has 0 aliphatic rings. The number of halogens is 1. The van der Waals surface area contributed by atoms with Gasteiger partial charge in [-0.25, -0.2) is 0 Å². The van der Waals surface area contributed by atoms with Crippen LogP contribution in [0.3, 0.4) is 0 Å². The summed E-state index contributed by atoms with van der Waals surface area (Å²) in [5.41, 5.74) is 0.104. The van der Waals surface area contributed by atoms with Gasteiger partial charge in [-0.1, -0.05) is 29.8 Å². The van der Waals surface area contributed by atoms with Crippen LogP contribution in [0.1, 0.15) is 12.8 Å². The van der Waals surface area contributed by atoms with Gasteiger partial charge in [-0.3, -0.25) is 14.9 Å². The molecule has 0 atom stereocenters. The highest BCUT2D eigenvalue weighted by Gasteiger charge is 2.12. The van der Waals surface area contributed by atoms with Crippen molar-refractivity contribution in [2.75, 3.05) is 11.9 Å². The Morgan fingerprint density at radius 2 is 1.96 bits per heavy atom. The van der Waals surface area contributed by atoms with Crippen LogP contribution in [0.5, 0.6) is 5.75 Å². The van der Waals surface area contributed by atoms with E-state index in [0.717, 1.165) is 5.75 Å². The van der Waals surface area contributed by atoms with Crippen LogP contribution in [0.15, 0.2) is 48.5 Å². The number of hydrogen-bond donors (Lipinski definition) is 1. The summed E-state index contributed by atoms with van der Waals surface area (Å²) in [6, 6.07) is 13.2. The molecule has 1 N–H and O–H groups in total. The molecule has 1 amide bonds. The Labute approximate surface area is 138 Å². The minimum absolute atomic E-state index is 0.128. The summed E-state index contributed by atoms with van der Waals surface area (Å²) in [7, 11) is 0. The topological polar surface area (TPSA) is 81.5 Å². The number of ether oxygens (including phenoxy) is 1. The van der Waals surface area contributed by atoms with Crippen molar-refractivity contribution < 1.29 is 14.5 Å². The van der Waals surface area contributed by atoms with Crippen LogP contribution in [0.4, 0.5) is 11.4 Å². The van der Waals surface area contributed by atoms with Gasteiger partial charge >= 0.3 is 0 Å². The lowest BCUT2D eigenvalue weighted by Gasteiger charge is -2.08. The number of carbonyl (C=O) groups excluding carboxylic acids is 1. The van der Waals surface area contributed by atoms with Gasteiger partial charge in [-0.05, 0) is 24.6 Å². The van der Waals surface area contributed by atoms with Crippen LogP contribution < -0.4 is 10.1 Å². The van der Waals surface area contributed by atoms with Gasteiger partial charge in [0, 0.05) is 18.6 Å². The molecule has 0 heterocycles. The Balaban J connectivity index is 1.81. The summed E-state index contributed by atoms with van der Waals surface area (Å²) in [6.45, 7) is 0.403. The third kappa shape index (κ3) is 5.27. The maximum atomic E-state index is 11.9. The van der Waals surface area contributed by atoms with E-state index < -0.39 is 4.92 Å². The first-order chi connectivity index (χ1) is 11.1. The summed E-state index contributed by atoms with van der Waals surface area (Å²) in [5, 5.41) is 13.6. The van der Waals surface area contributed by atoms with Crippen molar-refractivity contribution >= 4 is 28.9 Å². The van der Waals surface area contributed by atoms with Gasteiger partial charge in [-0.2, -0.15) is 0 Å². The predicted octanol–water partition coefficient (Wildman–Crippen LogP) is 4.05. The number of non-ortho nitro benzene ring substituents is 1.